The molecule has 0 heterocycles. The molecule has 4 heteroatoms. The number of ether oxygens (including phenoxy) is 1. The number of rotatable bonds is 7. The van der Waals surface area contributed by atoms with Gasteiger partial charge in [0.25, 0.3) is 6.47 Å². The van der Waals surface area contributed by atoms with E-state index in [2.05, 4.69) is 0 Å². The summed E-state index contributed by atoms with van der Waals surface area (Å²) in [6.07, 6.45) is 0.435. The summed E-state index contributed by atoms with van der Waals surface area (Å²) in [4.78, 5) is 23.0. The Bertz CT molecular complexity index is 430. The lowest BCUT2D eigenvalue weighted by atomic mass is 9.83. The van der Waals surface area contributed by atoms with Gasteiger partial charge in [0.15, 0.2) is 11.4 Å². The molecule has 0 saturated carbocycles. The number of benzene rings is 1. The van der Waals surface area contributed by atoms with Crippen molar-refractivity contribution in [3.05, 3.63) is 35.9 Å². The maximum atomic E-state index is 12.4. The molecule has 0 radical (unpaired) electrons. The summed E-state index contributed by atoms with van der Waals surface area (Å²) in [7, 11) is 0. The second kappa shape index (κ2) is 6.48. The molecule has 0 aromatic heterocycles. The van der Waals surface area contributed by atoms with Crippen molar-refractivity contribution in [2.45, 2.75) is 38.8 Å². The summed E-state index contributed by atoms with van der Waals surface area (Å²) >= 11 is 0. The molecule has 0 fully saturated rings. The molecular weight excluding hydrogens is 242 g/mol. The molecule has 0 aliphatic carbocycles. The van der Waals surface area contributed by atoms with Gasteiger partial charge in [0.05, 0.1) is 6.04 Å². The largest absolute Gasteiger partial charge is 0.453 e. The summed E-state index contributed by atoms with van der Waals surface area (Å²) in [5, 5.41) is 0. The van der Waals surface area contributed by atoms with Crippen molar-refractivity contribution in [3.63, 3.8) is 0 Å². The molecule has 104 valence electrons. The van der Waals surface area contributed by atoms with Crippen LogP contribution in [0.1, 0.15) is 26.3 Å². The second-order valence-corrected chi connectivity index (χ2v) is 5.14. The first kappa shape index (κ1) is 15.4. The van der Waals surface area contributed by atoms with E-state index in [0.717, 1.165) is 5.56 Å². The number of carbonyl (C=O) groups is 2. The van der Waals surface area contributed by atoms with Crippen LogP contribution in [0.25, 0.3) is 0 Å². The van der Waals surface area contributed by atoms with Gasteiger partial charge < -0.3 is 10.5 Å². The van der Waals surface area contributed by atoms with Gasteiger partial charge in [-0.05, 0) is 18.9 Å². The fraction of sp³-hybridized carbons (Fsp3) is 0.467. The van der Waals surface area contributed by atoms with Gasteiger partial charge in [0.2, 0.25) is 0 Å². The Morgan fingerprint density at radius 2 is 1.95 bits per heavy atom. The minimum Gasteiger partial charge on any atom is -0.453 e. The van der Waals surface area contributed by atoms with E-state index in [-0.39, 0.29) is 11.7 Å². The summed E-state index contributed by atoms with van der Waals surface area (Å²) in [6, 6.07) is 8.85. The molecule has 2 N–H and O–H groups in total. The lowest BCUT2D eigenvalue weighted by Crippen LogP contribution is -2.52. The lowest BCUT2D eigenvalue weighted by molar-refractivity contribution is -0.160. The van der Waals surface area contributed by atoms with E-state index in [0.29, 0.717) is 12.9 Å². The maximum absolute atomic E-state index is 12.4. The van der Waals surface area contributed by atoms with Crippen LogP contribution in [0.3, 0.4) is 0 Å². The number of nitrogens with two attached hydrogens (primary N) is 1. The zero-order chi connectivity index (χ0) is 14.5. The topological polar surface area (TPSA) is 69.4 Å². The SMILES string of the molecule is CC(C)C(C)(OC=O)C(=O)[C@@H](N)Cc1ccccc1. The average Bonchev–Trinajstić information content (AvgIpc) is 2.38. The molecule has 1 rings (SSSR count). The van der Waals surface area contributed by atoms with E-state index in [1.54, 1.807) is 6.92 Å². The lowest BCUT2D eigenvalue weighted by Gasteiger charge is -2.32. The predicted octanol–water partition coefficient (Wildman–Crippen LogP) is 1.71. The zero-order valence-corrected chi connectivity index (χ0v) is 11.6. The fourth-order valence-corrected chi connectivity index (χ4v) is 1.91. The van der Waals surface area contributed by atoms with Crippen molar-refractivity contribution in [1.82, 2.24) is 0 Å². The number of hydrogen-bond donors (Lipinski definition) is 1. The first-order chi connectivity index (χ1) is 8.91. The summed E-state index contributed by atoms with van der Waals surface area (Å²) < 4.78 is 5.00. The highest BCUT2D eigenvalue weighted by atomic mass is 16.5. The number of Topliss-reactive ketones (excluding diaryl/α,β-unsaturated/α-hetero) is 1. The average molecular weight is 263 g/mol. The molecule has 0 aliphatic heterocycles. The van der Waals surface area contributed by atoms with Crippen LogP contribution < -0.4 is 5.73 Å². The van der Waals surface area contributed by atoms with Crippen molar-refractivity contribution in [2.75, 3.05) is 0 Å². The molecular formula is C15H21NO3. The van der Waals surface area contributed by atoms with Crippen LogP contribution in [-0.4, -0.2) is 23.9 Å². The first-order valence-corrected chi connectivity index (χ1v) is 6.37. The van der Waals surface area contributed by atoms with E-state index >= 15 is 0 Å². The van der Waals surface area contributed by atoms with Gasteiger partial charge in [-0.2, -0.15) is 0 Å². The Labute approximate surface area is 113 Å². The van der Waals surface area contributed by atoms with Crippen LogP contribution in [0.15, 0.2) is 30.3 Å². The molecule has 19 heavy (non-hydrogen) atoms. The van der Waals surface area contributed by atoms with Gasteiger partial charge in [-0.3, -0.25) is 9.59 Å². The third-order valence-electron chi connectivity index (χ3n) is 3.52. The zero-order valence-electron chi connectivity index (χ0n) is 11.6. The smallest absolute Gasteiger partial charge is 0.294 e. The van der Waals surface area contributed by atoms with Crippen molar-refractivity contribution < 1.29 is 14.3 Å². The Morgan fingerprint density at radius 3 is 2.42 bits per heavy atom. The van der Waals surface area contributed by atoms with E-state index in [1.807, 2.05) is 44.2 Å². The van der Waals surface area contributed by atoms with Gasteiger partial charge in [-0.15, -0.1) is 0 Å². The third-order valence-corrected chi connectivity index (χ3v) is 3.52. The Hall–Kier alpha value is -1.68. The number of ketones is 1. The highest BCUT2D eigenvalue weighted by Gasteiger charge is 2.41. The molecule has 0 spiro atoms. The van der Waals surface area contributed by atoms with Gasteiger partial charge >= 0.3 is 0 Å². The standard InChI is InChI=1S/C15H21NO3/c1-11(2)15(3,19-10-17)14(18)13(16)9-12-7-5-4-6-8-12/h4-8,10-11,13H,9,16H2,1-3H3/t13-,15?/m0/s1. The van der Waals surface area contributed by atoms with Crippen LogP contribution in [0.2, 0.25) is 0 Å². The van der Waals surface area contributed by atoms with Gasteiger partial charge in [-0.25, -0.2) is 0 Å². The van der Waals surface area contributed by atoms with Crippen molar-refractivity contribution in [3.8, 4) is 0 Å². The number of carbonyl (C=O) groups excluding carboxylic acids is 2. The highest BCUT2D eigenvalue weighted by molar-refractivity contribution is 5.92. The van der Waals surface area contributed by atoms with E-state index in [1.165, 1.54) is 0 Å². The molecule has 0 amide bonds. The minimum atomic E-state index is -1.17. The Morgan fingerprint density at radius 1 is 1.37 bits per heavy atom. The fourth-order valence-electron chi connectivity index (χ4n) is 1.91. The molecule has 4 nitrogen and oxygen atoms in total. The van der Waals surface area contributed by atoms with E-state index in [4.69, 9.17) is 10.5 Å². The Kier molecular flexibility index (Phi) is 5.24. The quantitative estimate of drug-likeness (QED) is 0.760. The van der Waals surface area contributed by atoms with Crippen molar-refractivity contribution in [1.29, 1.82) is 0 Å². The Balaban J connectivity index is 2.83. The highest BCUT2D eigenvalue weighted by Crippen LogP contribution is 2.23. The van der Waals surface area contributed by atoms with Crippen LogP contribution in [0.5, 0.6) is 0 Å². The van der Waals surface area contributed by atoms with Crippen molar-refractivity contribution in [2.24, 2.45) is 11.7 Å². The van der Waals surface area contributed by atoms with Gasteiger partial charge in [-0.1, -0.05) is 44.2 Å². The van der Waals surface area contributed by atoms with Gasteiger partial charge in [0.1, 0.15) is 0 Å². The van der Waals surface area contributed by atoms with Gasteiger partial charge in [0, 0.05) is 5.92 Å². The maximum Gasteiger partial charge on any atom is 0.294 e. The minimum absolute atomic E-state index is 0.132. The van der Waals surface area contributed by atoms with Crippen molar-refractivity contribution >= 4 is 12.3 Å². The van der Waals surface area contributed by atoms with Crippen LogP contribution in [-0.2, 0) is 20.7 Å². The third kappa shape index (κ3) is 3.64. The molecule has 0 saturated heterocycles. The van der Waals surface area contributed by atoms with E-state index in [9.17, 15) is 9.59 Å². The monoisotopic (exact) mass is 263 g/mol. The van der Waals surface area contributed by atoms with Crippen LogP contribution in [0.4, 0.5) is 0 Å². The molecule has 1 unspecified atom stereocenters. The normalized spacial score (nSPS) is 15.6. The van der Waals surface area contributed by atoms with Crippen LogP contribution >= 0.6 is 0 Å². The summed E-state index contributed by atoms with van der Waals surface area (Å²) in [6.45, 7) is 5.58. The number of hydrogen-bond acceptors (Lipinski definition) is 4. The molecule has 0 aliphatic rings. The second-order valence-electron chi connectivity index (χ2n) is 5.14. The molecule has 1 aromatic rings. The molecule has 0 bridgehead atoms. The summed E-state index contributed by atoms with van der Waals surface area (Å²) in [5.74, 6) is -0.384. The summed E-state index contributed by atoms with van der Waals surface area (Å²) in [5.41, 5.74) is 5.77. The molecule has 1 aromatic carbocycles. The first-order valence-electron chi connectivity index (χ1n) is 6.37. The predicted molar refractivity (Wildman–Crippen MR) is 73.5 cm³/mol. The van der Waals surface area contributed by atoms with Crippen LogP contribution in [0, 0.1) is 5.92 Å². The molecule has 2 atom stereocenters. The van der Waals surface area contributed by atoms with E-state index < -0.39 is 11.6 Å².